The number of pyridine rings is 1. The predicted molar refractivity (Wildman–Crippen MR) is 85.6 cm³/mol. The van der Waals surface area contributed by atoms with Gasteiger partial charge >= 0.3 is 5.97 Å². The number of carbonyl (C=O) groups excluding carboxylic acids is 1. The number of aromatic nitrogens is 2. The maximum atomic E-state index is 12.0. The van der Waals surface area contributed by atoms with Gasteiger partial charge in [-0.3, -0.25) is 4.98 Å². The minimum Gasteiger partial charge on any atom is -0.457 e. The fourth-order valence-electron chi connectivity index (χ4n) is 1.95. The summed E-state index contributed by atoms with van der Waals surface area (Å²) >= 11 is 1.59. The quantitative estimate of drug-likeness (QED) is 0.686. The van der Waals surface area contributed by atoms with Gasteiger partial charge < -0.3 is 4.74 Å². The number of ether oxygens (including phenoxy) is 1. The average Bonchev–Trinajstić information content (AvgIpc) is 3.00. The summed E-state index contributed by atoms with van der Waals surface area (Å²) in [6.45, 7) is 2.18. The van der Waals surface area contributed by atoms with Crippen LogP contribution in [0.1, 0.15) is 21.6 Å². The lowest BCUT2D eigenvalue weighted by atomic mass is 10.1. The van der Waals surface area contributed by atoms with Gasteiger partial charge in [0.25, 0.3) is 0 Å². The van der Waals surface area contributed by atoms with E-state index in [1.807, 2.05) is 36.6 Å². The summed E-state index contributed by atoms with van der Waals surface area (Å²) in [5.74, 6) is -0.342. The smallest absolute Gasteiger partial charge is 0.338 e. The van der Waals surface area contributed by atoms with Gasteiger partial charge in [0.1, 0.15) is 11.6 Å². The number of carbonyl (C=O) groups is 1. The van der Waals surface area contributed by atoms with Gasteiger partial charge in [0.15, 0.2) is 0 Å². The van der Waals surface area contributed by atoms with Crippen molar-refractivity contribution in [2.24, 2.45) is 0 Å². The Kier molecular flexibility index (Phi) is 4.25. The molecule has 0 aliphatic rings. The van der Waals surface area contributed by atoms with E-state index in [-0.39, 0.29) is 12.6 Å². The van der Waals surface area contributed by atoms with Crippen LogP contribution in [0.3, 0.4) is 0 Å². The Hall–Kier alpha value is -2.53. The van der Waals surface area contributed by atoms with Crippen LogP contribution < -0.4 is 0 Å². The topological polar surface area (TPSA) is 52.1 Å². The number of thiazole rings is 1. The Morgan fingerprint density at radius 3 is 2.68 bits per heavy atom. The Morgan fingerprint density at radius 1 is 1.23 bits per heavy atom. The second kappa shape index (κ2) is 6.49. The van der Waals surface area contributed by atoms with E-state index in [1.54, 1.807) is 35.9 Å². The van der Waals surface area contributed by atoms with Gasteiger partial charge in [-0.15, -0.1) is 11.3 Å². The van der Waals surface area contributed by atoms with Gasteiger partial charge in [-0.05, 0) is 25.1 Å². The summed E-state index contributed by atoms with van der Waals surface area (Å²) in [5, 5.41) is 2.96. The molecule has 0 saturated heterocycles. The third kappa shape index (κ3) is 3.38. The number of benzene rings is 1. The molecule has 0 bridgehead atoms. The zero-order chi connectivity index (χ0) is 15.4. The molecule has 3 rings (SSSR count). The molecular formula is C17H14N2O2S. The molecule has 22 heavy (non-hydrogen) atoms. The Morgan fingerprint density at radius 2 is 2.05 bits per heavy atom. The van der Waals surface area contributed by atoms with E-state index in [9.17, 15) is 4.79 Å². The highest BCUT2D eigenvalue weighted by atomic mass is 32.1. The molecule has 2 heterocycles. The van der Waals surface area contributed by atoms with Crippen molar-refractivity contribution in [1.82, 2.24) is 9.97 Å². The van der Waals surface area contributed by atoms with Crippen LogP contribution in [0.15, 0.2) is 54.2 Å². The molecule has 0 spiro atoms. The molecule has 0 amide bonds. The zero-order valence-electron chi connectivity index (χ0n) is 12.0. The SMILES string of the molecule is Cc1csc(-c2ccc(C(=O)OCc3cccnc3)cc2)n1. The van der Waals surface area contributed by atoms with Crippen molar-refractivity contribution < 1.29 is 9.53 Å². The largest absolute Gasteiger partial charge is 0.457 e. The number of aryl methyl sites for hydroxylation is 1. The molecule has 0 fully saturated rings. The maximum absolute atomic E-state index is 12.0. The molecule has 0 atom stereocenters. The van der Waals surface area contributed by atoms with Crippen LogP contribution in [0, 0.1) is 6.92 Å². The van der Waals surface area contributed by atoms with E-state index in [2.05, 4.69) is 9.97 Å². The molecule has 0 aliphatic carbocycles. The molecule has 5 heteroatoms. The Bertz CT molecular complexity index is 767. The van der Waals surface area contributed by atoms with E-state index in [1.165, 1.54) is 0 Å². The predicted octanol–water partition coefficient (Wildman–Crippen LogP) is 3.87. The van der Waals surface area contributed by atoms with Crippen molar-refractivity contribution in [1.29, 1.82) is 0 Å². The second-order valence-corrected chi connectivity index (χ2v) is 5.67. The third-order valence-electron chi connectivity index (χ3n) is 3.08. The van der Waals surface area contributed by atoms with Crippen LogP contribution in [0.2, 0.25) is 0 Å². The van der Waals surface area contributed by atoms with Crippen LogP contribution in [-0.4, -0.2) is 15.9 Å². The first-order valence-corrected chi connectivity index (χ1v) is 7.69. The maximum Gasteiger partial charge on any atom is 0.338 e. The second-order valence-electron chi connectivity index (χ2n) is 4.81. The summed E-state index contributed by atoms with van der Waals surface area (Å²) in [7, 11) is 0. The van der Waals surface area contributed by atoms with Gasteiger partial charge in [0.2, 0.25) is 0 Å². The Labute approximate surface area is 132 Å². The highest BCUT2D eigenvalue weighted by Gasteiger charge is 2.09. The van der Waals surface area contributed by atoms with Crippen LogP contribution in [0.4, 0.5) is 0 Å². The average molecular weight is 310 g/mol. The first-order chi connectivity index (χ1) is 10.7. The first kappa shape index (κ1) is 14.4. The molecule has 2 aromatic heterocycles. The van der Waals surface area contributed by atoms with Crippen molar-refractivity contribution in [2.45, 2.75) is 13.5 Å². The molecule has 0 unspecified atom stereocenters. The summed E-state index contributed by atoms with van der Waals surface area (Å²) in [6.07, 6.45) is 3.37. The van der Waals surface area contributed by atoms with Gasteiger partial charge in [-0.25, -0.2) is 9.78 Å². The minimum absolute atomic E-state index is 0.222. The minimum atomic E-state index is -0.342. The van der Waals surface area contributed by atoms with Crippen LogP contribution in [0.25, 0.3) is 10.6 Å². The monoisotopic (exact) mass is 310 g/mol. The lowest BCUT2D eigenvalue weighted by Gasteiger charge is -2.05. The van der Waals surface area contributed by atoms with Crippen molar-refractivity contribution in [3.63, 3.8) is 0 Å². The zero-order valence-corrected chi connectivity index (χ0v) is 12.8. The Balaban J connectivity index is 1.66. The van der Waals surface area contributed by atoms with Gasteiger partial charge in [0.05, 0.1) is 5.56 Å². The fourth-order valence-corrected chi connectivity index (χ4v) is 2.75. The molecule has 0 N–H and O–H groups in total. The number of esters is 1. The number of nitrogens with zero attached hydrogens (tertiary/aromatic N) is 2. The molecule has 0 radical (unpaired) electrons. The van der Waals surface area contributed by atoms with E-state index >= 15 is 0 Å². The molecule has 4 nitrogen and oxygen atoms in total. The lowest BCUT2D eigenvalue weighted by molar-refractivity contribution is 0.0472. The van der Waals surface area contributed by atoms with Crippen molar-refractivity contribution in [3.8, 4) is 10.6 Å². The highest BCUT2D eigenvalue weighted by Crippen LogP contribution is 2.23. The summed E-state index contributed by atoms with van der Waals surface area (Å²) in [5.41, 5.74) is 3.40. The standard InChI is InChI=1S/C17H14N2O2S/c1-12-11-22-16(19-12)14-4-6-15(7-5-14)17(20)21-10-13-3-2-8-18-9-13/h2-9,11H,10H2,1H3. The van der Waals surface area contributed by atoms with E-state index in [0.29, 0.717) is 5.56 Å². The lowest BCUT2D eigenvalue weighted by Crippen LogP contribution is -2.05. The molecule has 0 saturated carbocycles. The van der Waals surface area contributed by atoms with Gasteiger partial charge in [0, 0.05) is 34.6 Å². The van der Waals surface area contributed by atoms with Crippen LogP contribution >= 0.6 is 11.3 Å². The van der Waals surface area contributed by atoms with Crippen LogP contribution in [0.5, 0.6) is 0 Å². The highest BCUT2D eigenvalue weighted by molar-refractivity contribution is 7.13. The molecule has 0 aliphatic heterocycles. The summed E-state index contributed by atoms with van der Waals surface area (Å²) in [6, 6.07) is 11.0. The molecular weight excluding hydrogens is 296 g/mol. The van der Waals surface area contributed by atoms with Crippen molar-refractivity contribution in [2.75, 3.05) is 0 Å². The van der Waals surface area contributed by atoms with Crippen molar-refractivity contribution >= 4 is 17.3 Å². The number of hydrogen-bond acceptors (Lipinski definition) is 5. The van der Waals surface area contributed by atoms with Gasteiger partial charge in [-0.1, -0.05) is 18.2 Å². The summed E-state index contributed by atoms with van der Waals surface area (Å²) < 4.78 is 5.27. The molecule has 1 aromatic carbocycles. The normalized spacial score (nSPS) is 10.4. The van der Waals surface area contributed by atoms with E-state index < -0.39 is 0 Å². The fraction of sp³-hybridized carbons (Fsp3) is 0.118. The van der Waals surface area contributed by atoms with Gasteiger partial charge in [-0.2, -0.15) is 0 Å². The van der Waals surface area contributed by atoms with Crippen LogP contribution in [-0.2, 0) is 11.3 Å². The first-order valence-electron chi connectivity index (χ1n) is 6.81. The summed E-state index contributed by atoms with van der Waals surface area (Å²) in [4.78, 5) is 20.4. The molecule has 3 aromatic rings. The molecule has 110 valence electrons. The number of rotatable bonds is 4. The third-order valence-corrected chi connectivity index (χ3v) is 4.09. The van der Waals surface area contributed by atoms with Crippen molar-refractivity contribution in [3.05, 3.63) is 71.0 Å². The van der Waals surface area contributed by atoms with E-state index in [0.717, 1.165) is 21.8 Å². The van der Waals surface area contributed by atoms with E-state index in [4.69, 9.17) is 4.74 Å². The number of hydrogen-bond donors (Lipinski definition) is 0.